The lowest BCUT2D eigenvalue weighted by Gasteiger charge is -2.37. The highest BCUT2D eigenvalue weighted by Crippen LogP contribution is 2.21. The lowest BCUT2D eigenvalue weighted by molar-refractivity contribution is -0.0895. The number of morpholine rings is 1. The van der Waals surface area contributed by atoms with Crippen LogP contribution in [0.1, 0.15) is 19.6 Å². The van der Waals surface area contributed by atoms with E-state index in [1.54, 1.807) is 6.07 Å². The summed E-state index contributed by atoms with van der Waals surface area (Å²) in [5.74, 6) is 0.656. The van der Waals surface area contributed by atoms with Crippen LogP contribution in [0.4, 0.5) is 0 Å². The van der Waals surface area contributed by atoms with Gasteiger partial charge in [-0.1, -0.05) is 0 Å². The van der Waals surface area contributed by atoms with Gasteiger partial charge in [0.2, 0.25) is 5.09 Å². The van der Waals surface area contributed by atoms with Gasteiger partial charge in [0.05, 0.1) is 18.8 Å². The van der Waals surface area contributed by atoms with Gasteiger partial charge in [-0.3, -0.25) is 4.90 Å². The van der Waals surface area contributed by atoms with Crippen molar-refractivity contribution in [3.8, 4) is 0 Å². The minimum absolute atomic E-state index is 0.00924. The lowest BCUT2D eigenvalue weighted by atomic mass is 10.1. The molecule has 1 aliphatic heterocycles. The Morgan fingerprint density at radius 3 is 2.65 bits per heavy atom. The van der Waals surface area contributed by atoms with Crippen LogP contribution in [-0.4, -0.2) is 57.0 Å². The van der Waals surface area contributed by atoms with Gasteiger partial charge in [0.15, 0.2) is 0 Å². The van der Waals surface area contributed by atoms with Crippen molar-refractivity contribution >= 4 is 10.0 Å². The van der Waals surface area contributed by atoms with Gasteiger partial charge >= 0.3 is 0 Å². The zero-order chi connectivity index (χ0) is 15.0. The Hall–Kier alpha value is -0.890. The van der Waals surface area contributed by atoms with E-state index in [0.29, 0.717) is 18.9 Å². The maximum atomic E-state index is 11.9. The summed E-state index contributed by atoms with van der Waals surface area (Å²) in [6.45, 7) is 6.97. The van der Waals surface area contributed by atoms with E-state index in [9.17, 15) is 8.42 Å². The van der Waals surface area contributed by atoms with Crippen LogP contribution in [-0.2, 0) is 21.3 Å². The van der Waals surface area contributed by atoms with Crippen LogP contribution in [0.3, 0.4) is 0 Å². The van der Waals surface area contributed by atoms with Crippen molar-refractivity contribution < 1.29 is 17.6 Å². The lowest BCUT2D eigenvalue weighted by Crippen LogP contribution is -2.47. The Kier molecular flexibility index (Phi) is 4.24. The Bertz CT molecular complexity index is 563. The molecule has 7 heteroatoms. The smallest absolute Gasteiger partial charge is 0.275 e. The molecular formula is C13H22N2O4S. The average Bonchev–Trinajstić information content (AvgIpc) is 2.76. The van der Waals surface area contributed by atoms with Crippen molar-refractivity contribution in [2.24, 2.45) is 0 Å². The van der Waals surface area contributed by atoms with E-state index in [2.05, 4.69) is 4.90 Å². The number of rotatable bonds is 4. The molecule has 0 atom stereocenters. The molecule has 0 aliphatic carbocycles. The summed E-state index contributed by atoms with van der Waals surface area (Å²) in [5.41, 5.74) is -0.177. The van der Waals surface area contributed by atoms with Gasteiger partial charge in [-0.05, 0) is 26.0 Å². The second kappa shape index (κ2) is 5.48. The summed E-state index contributed by atoms with van der Waals surface area (Å²) >= 11 is 0. The van der Waals surface area contributed by atoms with Crippen molar-refractivity contribution in [2.75, 3.05) is 33.8 Å². The van der Waals surface area contributed by atoms with Crippen LogP contribution in [0.15, 0.2) is 21.6 Å². The van der Waals surface area contributed by atoms with E-state index < -0.39 is 10.0 Å². The number of nitrogens with zero attached hydrogens (tertiary/aromatic N) is 2. The zero-order valence-electron chi connectivity index (χ0n) is 12.4. The first-order chi connectivity index (χ1) is 9.21. The van der Waals surface area contributed by atoms with Crippen molar-refractivity contribution in [3.05, 3.63) is 17.9 Å². The maximum absolute atomic E-state index is 11.9. The Morgan fingerprint density at radius 1 is 1.35 bits per heavy atom. The quantitative estimate of drug-likeness (QED) is 0.834. The summed E-state index contributed by atoms with van der Waals surface area (Å²) in [7, 11) is -0.520. The molecule has 0 saturated carbocycles. The molecule has 1 aliphatic rings. The largest absolute Gasteiger partial charge is 0.447 e. The molecule has 0 bridgehead atoms. The zero-order valence-corrected chi connectivity index (χ0v) is 13.2. The van der Waals surface area contributed by atoms with Crippen LogP contribution in [0.5, 0.6) is 0 Å². The molecule has 0 spiro atoms. The third-order valence-corrected chi connectivity index (χ3v) is 4.95. The standard InChI is InChI=1S/C13H22N2O4S/c1-13(2)10-15(7-8-18-13)9-11-5-6-12(19-11)20(16,17)14(3)4/h5-6H,7-10H2,1-4H3. The molecule has 0 amide bonds. The SMILES string of the molecule is CN(C)S(=O)(=O)c1ccc(CN2CCOC(C)(C)C2)o1. The highest BCUT2D eigenvalue weighted by molar-refractivity contribution is 7.88. The monoisotopic (exact) mass is 302 g/mol. The highest BCUT2D eigenvalue weighted by Gasteiger charge is 2.28. The van der Waals surface area contributed by atoms with Crippen LogP contribution in [0, 0.1) is 0 Å². The first-order valence-corrected chi connectivity index (χ1v) is 8.02. The molecule has 0 N–H and O–H groups in total. The fourth-order valence-corrected chi connectivity index (χ4v) is 3.04. The fraction of sp³-hybridized carbons (Fsp3) is 0.692. The van der Waals surface area contributed by atoms with Gasteiger partial charge in [-0.15, -0.1) is 0 Å². The molecular weight excluding hydrogens is 280 g/mol. The van der Waals surface area contributed by atoms with Crippen molar-refractivity contribution in [1.82, 2.24) is 9.21 Å². The van der Waals surface area contributed by atoms with E-state index in [-0.39, 0.29) is 10.7 Å². The van der Waals surface area contributed by atoms with Gasteiger partial charge < -0.3 is 9.15 Å². The summed E-state index contributed by atoms with van der Waals surface area (Å²) in [4.78, 5) is 2.20. The molecule has 0 radical (unpaired) electrons. The highest BCUT2D eigenvalue weighted by atomic mass is 32.2. The van der Waals surface area contributed by atoms with Gasteiger partial charge in [-0.25, -0.2) is 12.7 Å². The topological polar surface area (TPSA) is 63.0 Å². The second-order valence-electron chi connectivity index (χ2n) is 5.83. The Labute approximate surface area is 120 Å². The molecule has 114 valence electrons. The van der Waals surface area contributed by atoms with Crippen molar-refractivity contribution in [1.29, 1.82) is 0 Å². The number of sulfonamides is 1. The first kappa shape index (κ1) is 15.5. The molecule has 2 heterocycles. The number of hydrogen-bond acceptors (Lipinski definition) is 5. The van der Waals surface area contributed by atoms with Gasteiger partial charge in [-0.2, -0.15) is 0 Å². The second-order valence-corrected chi connectivity index (χ2v) is 7.91. The Balaban J connectivity index is 2.07. The van der Waals surface area contributed by atoms with Gasteiger partial charge in [0.1, 0.15) is 5.76 Å². The number of furan rings is 1. The van der Waals surface area contributed by atoms with E-state index in [1.165, 1.54) is 20.2 Å². The summed E-state index contributed by atoms with van der Waals surface area (Å²) in [6, 6.07) is 3.23. The molecule has 0 aromatic carbocycles. The van der Waals surface area contributed by atoms with E-state index in [0.717, 1.165) is 17.4 Å². The number of ether oxygens (including phenoxy) is 1. The van der Waals surface area contributed by atoms with Crippen molar-refractivity contribution in [2.45, 2.75) is 31.1 Å². The molecule has 1 fully saturated rings. The molecule has 6 nitrogen and oxygen atoms in total. The van der Waals surface area contributed by atoms with E-state index in [4.69, 9.17) is 9.15 Å². The molecule has 0 unspecified atom stereocenters. The van der Waals surface area contributed by atoms with Gasteiger partial charge in [0, 0.05) is 27.2 Å². The Morgan fingerprint density at radius 2 is 2.05 bits per heavy atom. The predicted molar refractivity (Wildman–Crippen MR) is 74.9 cm³/mol. The van der Waals surface area contributed by atoms with Crippen LogP contribution >= 0.6 is 0 Å². The van der Waals surface area contributed by atoms with Crippen LogP contribution in [0.25, 0.3) is 0 Å². The third-order valence-electron chi connectivity index (χ3n) is 3.26. The number of hydrogen-bond donors (Lipinski definition) is 0. The van der Waals surface area contributed by atoms with Crippen LogP contribution < -0.4 is 0 Å². The van der Waals surface area contributed by atoms with E-state index >= 15 is 0 Å². The average molecular weight is 302 g/mol. The maximum Gasteiger partial charge on any atom is 0.275 e. The summed E-state index contributed by atoms with van der Waals surface area (Å²) in [5, 5.41) is -0.00924. The normalized spacial score (nSPS) is 20.4. The molecule has 20 heavy (non-hydrogen) atoms. The minimum atomic E-state index is -3.50. The minimum Gasteiger partial charge on any atom is -0.447 e. The summed E-state index contributed by atoms with van der Waals surface area (Å²) < 4.78 is 36.1. The molecule has 1 aromatic heterocycles. The van der Waals surface area contributed by atoms with Crippen LogP contribution in [0.2, 0.25) is 0 Å². The summed E-state index contributed by atoms with van der Waals surface area (Å²) in [6.07, 6.45) is 0. The predicted octanol–water partition coefficient (Wildman–Crippen LogP) is 1.14. The first-order valence-electron chi connectivity index (χ1n) is 6.58. The van der Waals surface area contributed by atoms with Gasteiger partial charge in [0.25, 0.3) is 10.0 Å². The molecule has 2 rings (SSSR count). The van der Waals surface area contributed by atoms with Crippen molar-refractivity contribution in [3.63, 3.8) is 0 Å². The third kappa shape index (κ3) is 3.41. The fourth-order valence-electron chi connectivity index (χ4n) is 2.23. The molecule has 1 saturated heterocycles. The van der Waals surface area contributed by atoms with E-state index in [1.807, 2.05) is 13.8 Å². The molecule has 1 aromatic rings.